The van der Waals surface area contributed by atoms with Crippen LogP contribution in [-0.4, -0.2) is 28.2 Å². The summed E-state index contributed by atoms with van der Waals surface area (Å²) in [5.41, 5.74) is -0.0920. The molecule has 22 heavy (non-hydrogen) atoms. The second kappa shape index (κ2) is 6.20. The molecule has 1 aromatic carbocycles. The quantitative estimate of drug-likeness (QED) is 0.862. The van der Waals surface area contributed by atoms with Crippen LogP contribution in [0.15, 0.2) is 44.4 Å². The summed E-state index contributed by atoms with van der Waals surface area (Å²) in [6, 6.07) is 7.25. The Morgan fingerprint density at radius 1 is 1.23 bits per heavy atom. The van der Waals surface area contributed by atoms with Crippen molar-refractivity contribution < 1.29 is 17.6 Å². The van der Waals surface area contributed by atoms with Gasteiger partial charge < -0.3 is 9.15 Å². The number of hydrogen-bond donors (Lipinski definition) is 1. The summed E-state index contributed by atoms with van der Waals surface area (Å²) in [4.78, 5) is 11.3. The van der Waals surface area contributed by atoms with Gasteiger partial charge in [0.25, 0.3) is 0 Å². The minimum absolute atomic E-state index is 0.158. The Morgan fingerprint density at radius 3 is 2.86 bits per heavy atom. The molecular formula is C15H17NO5S. The van der Waals surface area contributed by atoms with Gasteiger partial charge in [-0.1, -0.05) is 0 Å². The van der Waals surface area contributed by atoms with E-state index in [-0.39, 0.29) is 10.8 Å². The summed E-state index contributed by atoms with van der Waals surface area (Å²) in [6.07, 6.45) is 1.92. The van der Waals surface area contributed by atoms with Crippen molar-refractivity contribution in [1.29, 1.82) is 0 Å². The van der Waals surface area contributed by atoms with Crippen molar-refractivity contribution in [3.63, 3.8) is 0 Å². The number of fused-ring (bicyclic) bond motifs is 1. The monoisotopic (exact) mass is 323 g/mol. The number of ether oxygens (including phenoxy) is 1. The van der Waals surface area contributed by atoms with Gasteiger partial charge in [0.2, 0.25) is 10.0 Å². The largest absolute Gasteiger partial charge is 0.423 e. The predicted molar refractivity (Wildman–Crippen MR) is 81.2 cm³/mol. The molecule has 2 aromatic rings. The molecule has 1 aliphatic rings. The normalized spacial score (nSPS) is 19.4. The Labute approximate surface area is 128 Å². The van der Waals surface area contributed by atoms with E-state index in [1.165, 1.54) is 24.3 Å². The van der Waals surface area contributed by atoms with E-state index in [9.17, 15) is 13.2 Å². The Hall–Kier alpha value is -1.70. The van der Waals surface area contributed by atoms with Gasteiger partial charge in [-0.05, 0) is 43.0 Å². The van der Waals surface area contributed by atoms with Crippen LogP contribution < -0.4 is 10.3 Å². The molecule has 0 aliphatic carbocycles. The lowest BCUT2D eigenvalue weighted by Gasteiger charge is -2.22. The zero-order valence-corrected chi connectivity index (χ0v) is 12.8. The molecular weight excluding hydrogens is 306 g/mol. The molecule has 0 spiro atoms. The second-order valence-corrected chi connectivity index (χ2v) is 7.16. The van der Waals surface area contributed by atoms with Crippen molar-refractivity contribution in [2.45, 2.75) is 17.7 Å². The van der Waals surface area contributed by atoms with Crippen LogP contribution in [-0.2, 0) is 14.8 Å². The van der Waals surface area contributed by atoms with Crippen LogP contribution in [0.3, 0.4) is 0 Å². The topological polar surface area (TPSA) is 85.6 Å². The van der Waals surface area contributed by atoms with Gasteiger partial charge in [-0.3, -0.25) is 0 Å². The maximum absolute atomic E-state index is 12.3. The Balaban J connectivity index is 1.79. The zero-order valence-electron chi connectivity index (χ0n) is 11.9. The minimum atomic E-state index is -3.59. The maximum atomic E-state index is 12.3. The van der Waals surface area contributed by atoms with E-state index in [2.05, 4.69) is 4.72 Å². The highest BCUT2D eigenvalue weighted by Gasteiger charge is 2.19. The van der Waals surface area contributed by atoms with E-state index >= 15 is 0 Å². The van der Waals surface area contributed by atoms with Gasteiger partial charge in [0, 0.05) is 24.6 Å². The van der Waals surface area contributed by atoms with Crippen LogP contribution in [0.1, 0.15) is 12.8 Å². The van der Waals surface area contributed by atoms with Crippen LogP contribution in [0.4, 0.5) is 0 Å². The van der Waals surface area contributed by atoms with E-state index in [0.717, 1.165) is 19.4 Å². The molecule has 1 saturated heterocycles. The summed E-state index contributed by atoms with van der Waals surface area (Å²) in [7, 11) is -3.59. The van der Waals surface area contributed by atoms with Crippen molar-refractivity contribution in [3.05, 3.63) is 40.8 Å². The van der Waals surface area contributed by atoms with Crippen molar-refractivity contribution >= 4 is 21.0 Å². The first-order chi connectivity index (χ1) is 10.5. The summed E-state index contributed by atoms with van der Waals surface area (Å²) in [5.74, 6) is 0.210. The van der Waals surface area contributed by atoms with Gasteiger partial charge in [-0.25, -0.2) is 17.9 Å². The summed E-state index contributed by atoms with van der Waals surface area (Å²) < 4.78 is 37.6. The molecule has 0 amide bonds. The average Bonchev–Trinajstić information content (AvgIpc) is 2.53. The van der Waals surface area contributed by atoms with Gasteiger partial charge in [-0.15, -0.1) is 0 Å². The molecule has 1 N–H and O–H groups in total. The lowest BCUT2D eigenvalue weighted by atomic mass is 10.0. The standard InChI is InChI=1S/C15H17NO5S/c17-15-6-3-12-8-13(4-5-14(12)21-15)22(18,19)16-9-11-2-1-7-20-10-11/h3-6,8,11,16H,1-2,7,9-10H2. The Morgan fingerprint density at radius 2 is 2.09 bits per heavy atom. The molecule has 1 unspecified atom stereocenters. The van der Waals surface area contributed by atoms with Crippen LogP contribution in [0, 0.1) is 5.92 Å². The van der Waals surface area contributed by atoms with Crippen molar-refractivity contribution in [3.8, 4) is 0 Å². The number of rotatable bonds is 4. The maximum Gasteiger partial charge on any atom is 0.336 e. The Kier molecular flexibility index (Phi) is 4.28. The smallest absolute Gasteiger partial charge is 0.336 e. The van der Waals surface area contributed by atoms with E-state index in [4.69, 9.17) is 9.15 Å². The molecule has 1 atom stereocenters. The van der Waals surface area contributed by atoms with E-state index < -0.39 is 15.6 Å². The molecule has 0 saturated carbocycles. The van der Waals surface area contributed by atoms with E-state index in [1.807, 2.05) is 0 Å². The first-order valence-corrected chi connectivity index (χ1v) is 8.64. The van der Waals surface area contributed by atoms with Crippen LogP contribution in [0.5, 0.6) is 0 Å². The molecule has 0 radical (unpaired) electrons. The summed E-state index contributed by atoms with van der Waals surface area (Å²) in [6.45, 7) is 1.70. The second-order valence-electron chi connectivity index (χ2n) is 5.39. The minimum Gasteiger partial charge on any atom is -0.423 e. The SMILES string of the molecule is O=c1ccc2cc(S(=O)(=O)NCC3CCCOC3)ccc2o1. The van der Waals surface area contributed by atoms with E-state index in [1.54, 1.807) is 6.07 Å². The number of nitrogens with one attached hydrogen (secondary N) is 1. The molecule has 3 rings (SSSR count). The highest BCUT2D eigenvalue weighted by atomic mass is 32.2. The number of sulfonamides is 1. The molecule has 0 bridgehead atoms. The van der Waals surface area contributed by atoms with Crippen molar-refractivity contribution in [2.24, 2.45) is 5.92 Å². The third-order valence-corrected chi connectivity index (χ3v) is 5.14. The first-order valence-electron chi connectivity index (χ1n) is 7.16. The lowest BCUT2D eigenvalue weighted by molar-refractivity contribution is 0.0568. The number of benzene rings is 1. The molecule has 1 aliphatic heterocycles. The molecule has 2 heterocycles. The van der Waals surface area contributed by atoms with Crippen LogP contribution in [0.25, 0.3) is 11.0 Å². The van der Waals surface area contributed by atoms with Gasteiger partial charge in [0.05, 0.1) is 11.5 Å². The van der Waals surface area contributed by atoms with Gasteiger partial charge >= 0.3 is 5.63 Å². The van der Waals surface area contributed by atoms with Gasteiger partial charge in [0.1, 0.15) is 5.58 Å². The number of hydrogen-bond acceptors (Lipinski definition) is 5. The van der Waals surface area contributed by atoms with Crippen LogP contribution in [0.2, 0.25) is 0 Å². The van der Waals surface area contributed by atoms with Crippen molar-refractivity contribution in [2.75, 3.05) is 19.8 Å². The molecule has 1 fully saturated rings. The highest BCUT2D eigenvalue weighted by Crippen LogP contribution is 2.18. The molecule has 1 aromatic heterocycles. The predicted octanol–water partition coefficient (Wildman–Crippen LogP) is 1.50. The lowest BCUT2D eigenvalue weighted by Crippen LogP contribution is -2.33. The van der Waals surface area contributed by atoms with Gasteiger partial charge in [-0.2, -0.15) is 0 Å². The zero-order chi connectivity index (χ0) is 15.6. The highest BCUT2D eigenvalue weighted by molar-refractivity contribution is 7.89. The van der Waals surface area contributed by atoms with Crippen LogP contribution >= 0.6 is 0 Å². The fraction of sp³-hybridized carbons (Fsp3) is 0.400. The van der Waals surface area contributed by atoms with Crippen molar-refractivity contribution in [1.82, 2.24) is 4.72 Å². The fourth-order valence-electron chi connectivity index (χ4n) is 2.50. The Bertz CT molecular complexity index is 821. The first kappa shape index (κ1) is 15.2. The summed E-state index contributed by atoms with van der Waals surface area (Å²) in [5, 5.41) is 0.573. The molecule has 7 heteroatoms. The van der Waals surface area contributed by atoms with Gasteiger partial charge in [0.15, 0.2) is 0 Å². The average molecular weight is 323 g/mol. The third-order valence-electron chi connectivity index (χ3n) is 3.72. The fourth-order valence-corrected chi connectivity index (χ4v) is 3.65. The molecule has 118 valence electrons. The molecule has 6 nitrogen and oxygen atoms in total. The summed E-state index contributed by atoms with van der Waals surface area (Å²) >= 11 is 0. The third kappa shape index (κ3) is 3.37. The van der Waals surface area contributed by atoms with E-state index in [0.29, 0.717) is 24.1 Å².